The molecule has 3 fully saturated rings. The van der Waals surface area contributed by atoms with Gasteiger partial charge < -0.3 is 9.47 Å². The van der Waals surface area contributed by atoms with Gasteiger partial charge in [0.25, 0.3) is 0 Å². The van der Waals surface area contributed by atoms with Gasteiger partial charge in [0.15, 0.2) is 0 Å². The molecule has 0 aromatic rings. The van der Waals surface area contributed by atoms with Crippen LogP contribution in [0.4, 0.5) is 0 Å². The largest absolute Gasteiger partial charge is 0.379 e. The van der Waals surface area contributed by atoms with Gasteiger partial charge in [-0.3, -0.25) is 0 Å². The van der Waals surface area contributed by atoms with Gasteiger partial charge in [0.05, 0.1) is 18.8 Å². The lowest BCUT2D eigenvalue weighted by molar-refractivity contribution is -0.0850. The van der Waals surface area contributed by atoms with Crippen molar-refractivity contribution in [3.63, 3.8) is 0 Å². The molecule has 3 atom stereocenters. The zero-order valence-electron chi connectivity index (χ0n) is 12.5. The summed E-state index contributed by atoms with van der Waals surface area (Å²) in [4.78, 5) is 0. The minimum atomic E-state index is 0.365. The molecule has 2 heteroatoms. The lowest BCUT2D eigenvalue weighted by Crippen LogP contribution is -2.29. The Morgan fingerprint density at radius 1 is 1.20 bits per heavy atom. The highest BCUT2D eigenvalue weighted by Gasteiger charge is 2.55. The molecule has 3 aliphatic rings. The number of allylic oxidation sites excluding steroid dienone is 2. The molecule has 0 amide bonds. The van der Waals surface area contributed by atoms with Crippen LogP contribution in [0.3, 0.4) is 0 Å². The fourth-order valence-corrected chi connectivity index (χ4v) is 3.81. The number of fused-ring (bicyclic) bond motifs is 1. The summed E-state index contributed by atoms with van der Waals surface area (Å²) in [6.45, 7) is 3.83. The van der Waals surface area contributed by atoms with Crippen molar-refractivity contribution in [1.82, 2.24) is 0 Å². The minimum absolute atomic E-state index is 0.365. The Labute approximate surface area is 122 Å². The van der Waals surface area contributed by atoms with Crippen LogP contribution in [0, 0.1) is 29.6 Å². The average Bonchev–Trinajstić information content (AvgIpc) is 2.93. The molecule has 20 heavy (non-hydrogen) atoms. The highest BCUT2D eigenvalue weighted by atomic mass is 16.5. The van der Waals surface area contributed by atoms with E-state index < -0.39 is 0 Å². The molecule has 0 bridgehead atoms. The lowest BCUT2D eigenvalue weighted by atomic mass is 10.1. The monoisotopic (exact) mass is 274 g/mol. The molecule has 0 N–H and O–H groups in total. The number of rotatable bonds is 4. The number of hydrogen-bond acceptors (Lipinski definition) is 2. The van der Waals surface area contributed by atoms with Gasteiger partial charge in [0, 0.05) is 19.4 Å². The second kappa shape index (κ2) is 6.78. The quantitative estimate of drug-likeness (QED) is 0.576. The number of ether oxygens (including phenoxy) is 2. The van der Waals surface area contributed by atoms with E-state index in [4.69, 9.17) is 9.47 Å². The standard InChI is InChI=1S/C18H26O2/c1-2-3-4-5-6-9-16-17-11-15(12-18(16)17)20-14-8-7-10-19-13-14/h6,9,14-18H,2,5,7-8,10-13H2,1H3. The summed E-state index contributed by atoms with van der Waals surface area (Å²) in [5.41, 5.74) is 0. The summed E-state index contributed by atoms with van der Waals surface area (Å²) in [7, 11) is 0. The van der Waals surface area contributed by atoms with E-state index in [1.54, 1.807) is 0 Å². The lowest BCUT2D eigenvalue weighted by Gasteiger charge is -2.26. The number of hydrogen-bond donors (Lipinski definition) is 0. The van der Waals surface area contributed by atoms with Crippen LogP contribution in [0.5, 0.6) is 0 Å². The Morgan fingerprint density at radius 2 is 2.05 bits per heavy atom. The van der Waals surface area contributed by atoms with E-state index in [1.165, 1.54) is 19.3 Å². The second-order valence-corrected chi connectivity index (χ2v) is 6.31. The zero-order valence-corrected chi connectivity index (χ0v) is 12.5. The highest BCUT2D eigenvalue weighted by Crippen LogP contribution is 2.59. The maximum Gasteiger partial charge on any atom is 0.0813 e. The maximum absolute atomic E-state index is 6.19. The van der Waals surface area contributed by atoms with Crippen LogP contribution in [0.2, 0.25) is 0 Å². The molecule has 110 valence electrons. The van der Waals surface area contributed by atoms with Crippen molar-refractivity contribution in [3.05, 3.63) is 12.2 Å². The first-order valence-corrected chi connectivity index (χ1v) is 8.24. The van der Waals surface area contributed by atoms with Crippen molar-refractivity contribution >= 4 is 0 Å². The van der Waals surface area contributed by atoms with Crippen molar-refractivity contribution in [2.45, 2.75) is 57.7 Å². The van der Waals surface area contributed by atoms with Crippen molar-refractivity contribution in [2.24, 2.45) is 17.8 Å². The van der Waals surface area contributed by atoms with E-state index in [-0.39, 0.29) is 0 Å². The molecule has 3 unspecified atom stereocenters. The highest BCUT2D eigenvalue weighted by molar-refractivity contribution is 5.15. The van der Waals surface area contributed by atoms with E-state index in [0.717, 1.165) is 50.2 Å². The minimum Gasteiger partial charge on any atom is -0.379 e. The first-order valence-electron chi connectivity index (χ1n) is 8.24. The molecule has 1 saturated heterocycles. The Kier molecular flexibility index (Phi) is 4.81. The zero-order chi connectivity index (χ0) is 13.8. The maximum atomic E-state index is 6.19. The van der Waals surface area contributed by atoms with Crippen molar-refractivity contribution in [3.8, 4) is 11.8 Å². The van der Waals surface area contributed by atoms with Crippen LogP contribution in [-0.2, 0) is 9.47 Å². The summed E-state index contributed by atoms with van der Waals surface area (Å²) >= 11 is 0. The van der Waals surface area contributed by atoms with Crippen molar-refractivity contribution in [2.75, 3.05) is 13.2 Å². The van der Waals surface area contributed by atoms with Gasteiger partial charge in [-0.25, -0.2) is 0 Å². The molecule has 2 saturated carbocycles. The van der Waals surface area contributed by atoms with E-state index in [2.05, 4.69) is 30.9 Å². The van der Waals surface area contributed by atoms with E-state index >= 15 is 0 Å². The van der Waals surface area contributed by atoms with E-state index in [0.29, 0.717) is 12.2 Å². The Hall–Kier alpha value is -0.780. The van der Waals surface area contributed by atoms with Gasteiger partial charge in [-0.1, -0.05) is 25.0 Å². The molecule has 0 spiro atoms. The average molecular weight is 274 g/mol. The van der Waals surface area contributed by atoms with Gasteiger partial charge in [-0.05, 0) is 43.4 Å². The predicted octanol–water partition coefficient (Wildman–Crippen LogP) is 3.57. The van der Waals surface area contributed by atoms with Gasteiger partial charge in [0.2, 0.25) is 0 Å². The summed E-state index contributed by atoms with van der Waals surface area (Å²) in [6.07, 6.45) is 12.3. The first kappa shape index (κ1) is 14.2. The Balaban J connectivity index is 1.35. The fraction of sp³-hybridized carbons (Fsp3) is 0.778. The third-order valence-corrected chi connectivity index (χ3v) is 4.85. The third-order valence-electron chi connectivity index (χ3n) is 4.85. The van der Waals surface area contributed by atoms with Crippen LogP contribution in [0.25, 0.3) is 0 Å². The second-order valence-electron chi connectivity index (χ2n) is 6.31. The molecule has 0 radical (unpaired) electrons. The molecule has 1 heterocycles. The summed E-state index contributed by atoms with van der Waals surface area (Å²) in [5, 5.41) is 0. The summed E-state index contributed by atoms with van der Waals surface area (Å²) in [5.74, 6) is 8.88. The van der Waals surface area contributed by atoms with Crippen molar-refractivity contribution < 1.29 is 9.47 Å². The van der Waals surface area contributed by atoms with Crippen LogP contribution >= 0.6 is 0 Å². The van der Waals surface area contributed by atoms with Gasteiger partial charge >= 0.3 is 0 Å². The topological polar surface area (TPSA) is 18.5 Å². The van der Waals surface area contributed by atoms with Gasteiger partial charge in [-0.2, -0.15) is 0 Å². The van der Waals surface area contributed by atoms with Crippen molar-refractivity contribution in [1.29, 1.82) is 0 Å². The van der Waals surface area contributed by atoms with Gasteiger partial charge in [-0.15, -0.1) is 5.92 Å². The molecule has 1 aliphatic heterocycles. The smallest absolute Gasteiger partial charge is 0.0813 e. The van der Waals surface area contributed by atoms with Gasteiger partial charge in [0.1, 0.15) is 0 Å². The van der Waals surface area contributed by atoms with Crippen LogP contribution < -0.4 is 0 Å². The molecule has 0 aromatic carbocycles. The van der Waals surface area contributed by atoms with Crippen LogP contribution in [0.15, 0.2) is 12.2 Å². The molecule has 3 rings (SSSR count). The van der Waals surface area contributed by atoms with E-state index in [9.17, 15) is 0 Å². The van der Waals surface area contributed by atoms with E-state index in [1.807, 2.05) is 0 Å². The molecule has 2 nitrogen and oxygen atoms in total. The molecular weight excluding hydrogens is 248 g/mol. The molecule has 0 aromatic heterocycles. The molecular formula is C18H26O2. The predicted molar refractivity (Wildman–Crippen MR) is 80.2 cm³/mol. The Bertz CT molecular complexity index is 385. The fourth-order valence-electron chi connectivity index (χ4n) is 3.81. The SMILES string of the molecule is CCC#CCC=CC1C2CC(OC3CCCOC3)CC12. The van der Waals surface area contributed by atoms with Crippen LogP contribution in [-0.4, -0.2) is 25.4 Å². The Morgan fingerprint density at radius 3 is 2.75 bits per heavy atom. The van der Waals surface area contributed by atoms with Crippen LogP contribution in [0.1, 0.15) is 45.4 Å². The summed E-state index contributed by atoms with van der Waals surface area (Å²) < 4.78 is 11.7. The summed E-state index contributed by atoms with van der Waals surface area (Å²) in [6, 6.07) is 0. The third kappa shape index (κ3) is 3.45. The molecule has 2 aliphatic carbocycles. The first-order chi connectivity index (χ1) is 9.88. The normalized spacial score (nSPS) is 39.4.